The largest absolute Gasteiger partial charge is 0.477 e. The number of amides is 1. The van der Waals surface area contributed by atoms with Crippen LogP contribution in [0.3, 0.4) is 0 Å². The molecule has 1 N–H and O–H groups in total. The lowest BCUT2D eigenvalue weighted by Gasteiger charge is -2.32. The van der Waals surface area contributed by atoms with Gasteiger partial charge in [-0.05, 0) is 50.2 Å². The Bertz CT molecular complexity index is 840. The van der Waals surface area contributed by atoms with Gasteiger partial charge in [-0.1, -0.05) is 37.3 Å². The maximum atomic E-state index is 13.5. The van der Waals surface area contributed by atoms with E-state index in [9.17, 15) is 14.7 Å². The summed E-state index contributed by atoms with van der Waals surface area (Å²) >= 11 is 1.21. The third kappa shape index (κ3) is 5.06. The summed E-state index contributed by atoms with van der Waals surface area (Å²) in [6, 6.07) is 11.5. The molecule has 1 aliphatic carbocycles. The molecule has 1 heterocycles. The summed E-state index contributed by atoms with van der Waals surface area (Å²) in [6.07, 6.45) is 3.60. The van der Waals surface area contributed by atoms with Crippen LogP contribution in [0.4, 0.5) is 5.69 Å². The molecule has 0 saturated heterocycles. The lowest BCUT2D eigenvalue weighted by atomic mass is 9.82. The van der Waals surface area contributed by atoms with Gasteiger partial charge in [-0.15, -0.1) is 11.3 Å². The number of hydrogen-bond donors (Lipinski definition) is 1. The van der Waals surface area contributed by atoms with Crippen molar-refractivity contribution in [1.29, 1.82) is 0 Å². The quantitative estimate of drug-likeness (QED) is 0.666. The van der Waals surface area contributed by atoms with Gasteiger partial charge in [0.2, 0.25) is 5.91 Å². The number of hydrogen-bond acceptors (Lipinski definition) is 4. The molecule has 1 fully saturated rings. The van der Waals surface area contributed by atoms with Crippen LogP contribution in [0, 0.1) is 11.8 Å². The monoisotopic (exact) mass is 415 g/mol. The van der Waals surface area contributed by atoms with Gasteiger partial charge in [-0.3, -0.25) is 4.79 Å². The predicted molar refractivity (Wildman–Crippen MR) is 117 cm³/mol. The van der Waals surface area contributed by atoms with E-state index in [1.807, 2.05) is 43.3 Å². The first-order valence-corrected chi connectivity index (χ1v) is 11.0. The first kappa shape index (κ1) is 21.5. The second-order valence-corrected chi connectivity index (χ2v) is 9.00. The van der Waals surface area contributed by atoms with Gasteiger partial charge in [0.25, 0.3) is 0 Å². The summed E-state index contributed by atoms with van der Waals surface area (Å²) in [5.74, 6) is -0.407. The van der Waals surface area contributed by atoms with Crippen molar-refractivity contribution < 1.29 is 19.4 Å². The molecule has 0 spiro atoms. The molecule has 1 saturated carbocycles. The van der Waals surface area contributed by atoms with Gasteiger partial charge in [0.15, 0.2) is 0 Å². The zero-order valence-corrected chi connectivity index (χ0v) is 18.1. The van der Waals surface area contributed by atoms with Gasteiger partial charge in [-0.2, -0.15) is 0 Å². The second kappa shape index (κ2) is 9.55. The molecule has 1 aromatic carbocycles. The number of carbonyl (C=O) groups is 2. The Hall–Kier alpha value is -2.18. The number of aromatic carboxylic acids is 1. The number of nitrogens with zero attached hydrogens (tertiary/aromatic N) is 1. The number of rotatable bonds is 7. The van der Waals surface area contributed by atoms with Gasteiger partial charge in [-0.25, -0.2) is 4.79 Å². The highest BCUT2D eigenvalue weighted by Crippen LogP contribution is 2.39. The van der Waals surface area contributed by atoms with E-state index in [2.05, 4.69) is 6.92 Å². The molecule has 1 aliphatic rings. The van der Waals surface area contributed by atoms with E-state index in [1.165, 1.54) is 11.3 Å². The van der Waals surface area contributed by atoms with Crippen LogP contribution in [0.15, 0.2) is 36.4 Å². The Morgan fingerprint density at radius 3 is 2.45 bits per heavy atom. The summed E-state index contributed by atoms with van der Waals surface area (Å²) in [7, 11) is 1.61. The van der Waals surface area contributed by atoms with E-state index in [0.717, 1.165) is 36.1 Å². The minimum atomic E-state index is -1.01. The van der Waals surface area contributed by atoms with Crippen molar-refractivity contribution in [3.8, 4) is 10.4 Å². The van der Waals surface area contributed by atoms with Crippen LogP contribution in [0.5, 0.6) is 0 Å². The highest BCUT2D eigenvalue weighted by atomic mass is 32.1. The number of ether oxygens (including phenoxy) is 1. The van der Waals surface area contributed by atoms with Gasteiger partial charge in [0.1, 0.15) is 4.88 Å². The molecule has 0 aliphatic heterocycles. The van der Waals surface area contributed by atoms with Gasteiger partial charge in [0.05, 0.1) is 18.3 Å². The van der Waals surface area contributed by atoms with E-state index in [-0.39, 0.29) is 22.8 Å². The van der Waals surface area contributed by atoms with Crippen LogP contribution in [0.1, 0.15) is 49.2 Å². The molecule has 1 aromatic heterocycles. The molecule has 0 bridgehead atoms. The molecule has 5 nitrogen and oxygen atoms in total. The zero-order valence-electron chi connectivity index (χ0n) is 17.3. The van der Waals surface area contributed by atoms with Crippen LogP contribution < -0.4 is 4.90 Å². The lowest BCUT2D eigenvalue weighted by molar-refractivity contribution is -0.123. The van der Waals surface area contributed by atoms with E-state index >= 15 is 0 Å². The number of thiophene rings is 1. The van der Waals surface area contributed by atoms with Crippen molar-refractivity contribution in [1.82, 2.24) is 0 Å². The van der Waals surface area contributed by atoms with Gasteiger partial charge < -0.3 is 14.7 Å². The molecule has 2 aromatic rings. The third-order valence-electron chi connectivity index (χ3n) is 5.73. The summed E-state index contributed by atoms with van der Waals surface area (Å²) < 4.78 is 5.41. The maximum absolute atomic E-state index is 13.5. The van der Waals surface area contributed by atoms with Crippen molar-refractivity contribution in [2.24, 2.45) is 11.8 Å². The smallest absolute Gasteiger partial charge is 0.348 e. The predicted octanol–water partition coefficient (Wildman–Crippen LogP) is 5.31. The molecule has 1 atom stereocenters. The van der Waals surface area contributed by atoms with Crippen molar-refractivity contribution in [2.45, 2.75) is 45.6 Å². The Kier molecular flexibility index (Phi) is 7.09. The summed E-state index contributed by atoms with van der Waals surface area (Å²) in [6.45, 7) is 4.46. The molecule has 6 heteroatoms. The van der Waals surface area contributed by atoms with Gasteiger partial charge in [0, 0.05) is 17.9 Å². The number of carboxylic acids is 1. The SMILES string of the molecule is COC(C)CN(C(=O)C1CCC(C)CC1)c1cc(-c2ccccc2)sc1C(=O)O. The van der Waals surface area contributed by atoms with E-state index in [0.29, 0.717) is 18.2 Å². The average Bonchev–Trinajstić information content (AvgIpc) is 3.18. The summed E-state index contributed by atoms with van der Waals surface area (Å²) in [5.41, 5.74) is 1.43. The maximum Gasteiger partial charge on any atom is 0.348 e. The highest BCUT2D eigenvalue weighted by Gasteiger charge is 2.32. The zero-order chi connectivity index (χ0) is 21.0. The first-order valence-electron chi connectivity index (χ1n) is 10.2. The molecule has 156 valence electrons. The molecule has 3 rings (SSSR count). The fourth-order valence-electron chi connectivity index (χ4n) is 3.85. The molecular formula is C23H29NO4S. The topological polar surface area (TPSA) is 66.8 Å². The van der Waals surface area contributed by atoms with Crippen LogP contribution in [-0.4, -0.2) is 36.7 Å². The molecule has 1 amide bonds. The fourth-order valence-corrected chi connectivity index (χ4v) is 4.85. The highest BCUT2D eigenvalue weighted by molar-refractivity contribution is 7.18. The van der Waals surface area contributed by atoms with Gasteiger partial charge >= 0.3 is 5.97 Å². The average molecular weight is 416 g/mol. The number of carbonyl (C=O) groups excluding carboxylic acids is 1. The molecule has 29 heavy (non-hydrogen) atoms. The normalized spacial score (nSPS) is 20.2. The number of methoxy groups -OCH3 is 1. The Labute approximate surface area is 176 Å². The third-order valence-corrected chi connectivity index (χ3v) is 6.89. The Morgan fingerprint density at radius 1 is 1.21 bits per heavy atom. The summed E-state index contributed by atoms with van der Waals surface area (Å²) in [4.78, 5) is 28.2. The Balaban J connectivity index is 1.99. The molecular weight excluding hydrogens is 386 g/mol. The first-order chi connectivity index (χ1) is 13.9. The number of benzene rings is 1. The van der Waals surface area contributed by atoms with E-state index < -0.39 is 5.97 Å². The summed E-state index contributed by atoms with van der Waals surface area (Å²) in [5, 5.41) is 9.83. The Morgan fingerprint density at radius 2 is 1.86 bits per heavy atom. The van der Waals surface area contributed by atoms with Crippen LogP contribution in [0.25, 0.3) is 10.4 Å². The number of carboxylic acid groups (broad SMARTS) is 1. The van der Waals surface area contributed by atoms with E-state index in [1.54, 1.807) is 12.0 Å². The van der Waals surface area contributed by atoms with Crippen LogP contribution in [-0.2, 0) is 9.53 Å². The van der Waals surface area contributed by atoms with Crippen molar-refractivity contribution in [2.75, 3.05) is 18.6 Å². The molecule has 1 unspecified atom stereocenters. The van der Waals surface area contributed by atoms with Crippen LogP contribution >= 0.6 is 11.3 Å². The van der Waals surface area contributed by atoms with Crippen molar-refractivity contribution >= 4 is 28.9 Å². The number of anilines is 1. The van der Waals surface area contributed by atoms with Crippen molar-refractivity contribution in [3.05, 3.63) is 41.3 Å². The minimum absolute atomic E-state index is 0.0145. The molecule has 0 radical (unpaired) electrons. The second-order valence-electron chi connectivity index (χ2n) is 7.95. The fraction of sp³-hybridized carbons (Fsp3) is 0.478. The van der Waals surface area contributed by atoms with E-state index in [4.69, 9.17) is 4.74 Å². The lowest BCUT2D eigenvalue weighted by Crippen LogP contribution is -2.42. The standard InChI is InChI=1S/C23H29NO4S/c1-15-9-11-18(12-10-15)22(25)24(14-16(2)28-3)19-13-20(29-21(19)23(26)27)17-7-5-4-6-8-17/h4-8,13,15-16,18H,9-12,14H2,1-3H3,(H,26,27). The minimum Gasteiger partial charge on any atom is -0.477 e. The van der Waals surface area contributed by atoms with Crippen LogP contribution in [0.2, 0.25) is 0 Å². The van der Waals surface area contributed by atoms with Crippen molar-refractivity contribution in [3.63, 3.8) is 0 Å².